The Morgan fingerprint density at radius 2 is 1.96 bits per heavy atom. The second-order valence-corrected chi connectivity index (χ2v) is 8.83. The number of nitrogens with zero attached hydrogens (tertiary/aromatic N) is 1. The van der Waals surface area contributed by atoms with Gasteiger partial charge in [0.2, 0.25) is 15.9 Å². The lowest BCUT2D eigenvalue weighted by atomic mass is 9.72. The van der Waals surface area contributed by atoms with E-state index in [-0.39, 0.29) is 17.6 Å². The van der Waals surface area contributed by atoms with Crippen molar-refractivity contribution >= 4 is 15.9 Å². The van der Waals surface area contributed by atoms with Crippen molar-refractivity contribution in [3.8, 4) is 6.07 Å². The topological polar surface area (TPSA) is 87.0 Å². The van der Waals surface area contributed by atoms with Crippen LogP contribution >= 0.6 is 0 Å². The standard InChI is InChI=1S/C18H22N2O3S/c19-12-18(9-4-10-18)13-24(22,23)20-17(21)16(15-7-8-15)11-14-5-2-1-3-6-14/h1-3,5-6,15-16H,4,7-11,13H2,(H,20,21). The molecule has 24 heavy (non-hydrogen) atoms. The smallest absolute Gasteiger partial charge is 0.237 e. The molecule has 2 aliphatic rings. The summed E-state index contributed by atoms with van der Waals surface area (Å²) in [6, 6.07) is 11.8. The van der Waals surface area contributed by atoms with Crippen LogP contribution in [0.1, 0.15) is 37.7 Å². The molecule has 3 rings (SSSR count). The molecule has 6 heteroatoms. The second kappa shape index (κ2) is 6.56. The minimum absolute atomic E-state index is 0.258. The average molecular weight is 346 g/mol. The van der Waals surface area contributed by atoms with Gasteiger partial charge in [-0.15, -0.1) is 0 Å². The van der Waals surface area contributed by atoms with E-state index in [1.54, 1.807) is 0 Å². The van der Waals surface area contributed by atoms with Crippen LogP contribution in [0.15, 0.2) is 30.3 Å². The molecule has 1 amide bonds. The predicted octanol–water partition coefficient (Wildman–Crippen LogP) is 2.40. The number of hydrogen-bond acceptors (Lipinski definition) is 4. The molecule has 2 aliphatic carbocycles. The highest BCUT2D eigenvalue weighted by atomic mass is 32.2. The van der Waals surface area contributed by atoms with E-state index in [0.717, 1.165) is 24.8 Å². The van der Waals surface area contributed by atoms with Gasteiger partial charge >= 0.3 is 0 Å². The van der Waals surface area contributed by atoms with Crippen molar-refractivity contribution in [2.45, 2.75) is 38.5 Å². The number of amides is 1. The zero-order chi connectivity index (χ0) is 17.2. The molecule has 0 aliphatic heterocycles. The van der Waals surface area contributed by atoms with E-state index in [4.69, 9.17) is 0 Å². The maximum absolute atomic E-state index is 12.6. The summed E-state index contributed by atoms with van der Waals surface area (Å²) < 4.78 is 26.9. The number of rotatable bonds is 7. The number of sulfonamides is 1. The van der Waals surface area contributed by atoms with E-state index in [1.165, 1.54) is 0 Å². The van der Waals surface area contributed by atoms with E-state index in [2.05, 4.69) is 10.8 Å². The molecule has 0 saturated heterocycles. The number of benzene rings is 1. The summed E-state index contributed by atoms with van der Waals surface area (Å²) in [5.41, 5.74) is 0.232. The molecule has 1 aromatic carbocycles. The van der Waals surface area contributed by atoms with Gasteiger partial charge in [-0.3, -0.25) is 9.52 Å². The molecule has 0 aromatic heterocycles. The van der Waals surface area contributed by atoms with Gasteiger partial charge in [0.25, 0.3) is 0 Å². The molecule has 0 bridgehead atoms. The van der Waals surface area contributed by atoms with Gasteiger partial charge in [-0.05, 0) is 43.6 Å². The van der Waals surface area contributed by atoms with Crippen LogP contribution < -0.4 is 4.72 Å². The normalized spacial score (nSPS) is 20.5. The van der Waals surface area contributed by atoms with Gasteiger partial charge in [0.05, 0.1) is 17.2 Å². The first-order valence-corrected chi connectivity index (χ1v) is 10.1. The van der Waals surface area contributed by atoms with Crippen molar-refractivity contribution in [1.29, 1.82) is 5.26 Å². The highest BCUT2D eigenvalue weighted by Gasteiger charge is 2.43. The highest BCUT2D eigenvalue weighted by molar-refractivity contribution is 7.90. The van der Waals surface area contributed by atoms with Gasteiger partial charge in [0.15, 0.2) is 0 Å². The molecule has 1 aromatic rings. The third-order valence-corrected chi connectivity index (χ3v) is 6.54. The van der Waals surface area contributed by atoms with Gasteiger partial charge < -0.3 is 0 Å². The Hall–Kier alpha value is -1.87. The quantitative estimate of drug-likeness (QED) is 0.821. The molecule has 1 atom stereocenters. The van der Waals surface area contributed by atoms with Crippen LogP contribution in [0.4, 0.5) is 0 Å². The summed E-state index contributed by atoms with van der Waals surface area (Å²) in [6.45, 7) is 0. The largest absolute Gasteiger partial charge is 0.274 e. The van der Waals surface area contributed by atoms with Gasteiger partial charge in [-0.25, -0.2) is 8.42 Å². The monoisotopic (exact) mass is 346 g/mol. The van der Waals surface area contributed by atoms with Crippen LogP contribution in [0, 0.1) is 28.6 Å². The molecule has 2 fully saturated rings. The highest BCUT2D eigenvalue weighted by Crippen LogP contribution is 2.42. The lowest BCUT2D eigenvalue weighted by Gasteiger charge is -2.34. The van der Waals surface area contributed by atoms with Crippen molar-refractivity contribution in [2.75, 3.05) is 5.75 Å². The maximum atomic E-state index is 12.6. The molecule has 0 spiro atoms. The number of hydrogen-bond donors (Lipinski definition) is 1. The van der Waals surface area contributed by atoms with E-state index in [0.29, 0.717) is 19.3 Å². The summed E-state index contributed by atoms with van der Waals surface area (Å²) in [5, 5.41) is 9.21. The fourth-order valence-corrected chi connectivity index (χ4v) is 4.97. The molecule has 2 saturated carbocycles. The van der Waals surface area contributed by atoms with Crippen LogP contribution in [-0.2, 0) is 21.2 Å². The zero-order valence-corrected chi connectivity index (χ0v) is 14.4. The number of carbonyl (C=O) groups is 1. The van der Waals surface area contributed by atoms with Crippen molar-refractivity contribution in [2.24, 2.45) is 17.3 Å². The fourth-order valence-electron chi connectivity index (χ4n) is 3.36. The van der Waals surface area contributed by atoms with E-state index >= 15 is 0 Å². The molecule has 0 radical (unpaired) electrons. The Labute approximate surface area is 143 Å². The first kappa shape index (κ1) is 17.0. The molecular weight excluding hydrogens is 324 g/mol. The molecule has 1 unspecified atom stereocenters. The molecule has 0 heterocycles. The van der Waals surface area contributed by atoms with Gasteiger partial charge in [0.1, 0.15) is 0 Å². The molecule has 128 valence electrons. The Bertz CT molecular complexity index is 744. The Kier molecular flexibility index (Phi) is 4.64. The van der Waals surface area contributed by atoms with Crippen LogP contribution in [-0.4, -0.2) is 20.1 Å². The van der Waals surface area contributed by atoms with Crippen LogP contribution in [0.3, 0.4) is 0 Å². The van der Waals surface area contributed by atoms with Crippen molar-refractivity contribution in [3.05, 3.63) is 35.9 Å². The Balaban J connectivity index is 1.66. The maximum Gasteiger partial charge on any atom is 0.237 e. The summed E-state index contributed by atoms with van der Waals surface area (Å²) >= 11 is 0. The number of nitrogens with one attached hydrogen (secondary N) is 1. The third-order valence-electron chi connectivity index (χ3n) is 5.10. The number of nitriles is 1. The van der Waals surface area contributed by atoms with Crippen molar-refractivity contribution < 1.29 is 13.2 Å². The summed E-state index contributed by atoms with van der Waals surface area (Å²) in [7, 11) is -3.78. The minimum atomic E-state index is -3.78. The van der Waals surface area contributed by atoms with E-state index in [9.17, 15) is 18.5 Å². The van der Waals surface area contributed by atoms with Gasteiger partial charge in [-0.1, -0.05) is 36.8 Å². The Morgan fingerprint density at radius 1 is 1.29 bits per heavy atom. The third kappa shape index (κ3) is 3.96. The first-order valence-electron chi connectivity index (χ1n) is 8.43. The van der Waals surface area contributed by atoms with Crippen LogP contribution in [0.5, 0.6) is 0 Å². The summed E-state index contributed by atoms with van der Waals surface area (Å²) in [5.74, 6) is -0.755. The first-order chi connectivity index (χ1) is 11.4. The van der Waals surface area contributed by atoms with E-state index < -0.39 is 21.3 Å². The van der Waals surface area contributed by atoms with Crippen LogP contribution in [0.25, 0.3) is 0 Å². The zero-order valence-electron chi connectivity index (χ0n) is 13.6. The Morgan fingerprint density at radius 3 is 2.46 bits per heavy atom. The van der Waals surface area contributed by atoms with Gasteiger partial charge in [0, 0.05) is 5.92 Å². The summed E-state index contributed by atoms with van der Waals surface area (Å²) in [6.07, 6.45) is 4.54. The molecule has 5 nitrogen and oxygen atoms in total. The second-order valence-electron chi connectivity index (χ2n) is 7.10. The van der Waals surface area contributed by atoms with Gasteiger partial charge in [-0.2, -0.15) is 5.26 Å². The predicted molar refractivity (Wildman–Crippen MR) is 90.2 cm³/mol. The summed E-state index contributed by atoms with van der Waals surface area (Å²) in [4.78, 5) is 12.6. The van der Waals surface area contributed by atoms with Crippen molar-refractivity contribution in [3.63, 3.8) is 0 Å². The fraction of sp³-hybridized carbons (Fsp3) is 0.556. The number of carbonyl (C=O) groups excluding carboxylic acids is 1. The van der Waals surface area contributed by atoms with Crippen LogP contribution in [0.2, 0.25) is 0 Å². The average Bonchev–Trinajstić information content (AvgIpc) is 3.34. The van der Waals surface area contributed by atoms with Crippen molar-refractivity contribution in [1.82, 2.24) is 4.72 Å². The lowest BCUT2D eigenvalue weighted by molar-refractivity contribution is -0.123. The molecular formula is C18H22N2O3S. The lowest BCUT2D eigenvalue weighted by Crippen LogP contribution is -2.44. The minimum Gasteiger partial charge on any atom is -0.274 e. The van der Waals surface area contributed by atoms with E-state index in [1.807, 2.05) is 30.3 Å². The molecule has 1 N–H and O–H groups in total. The SMILES string of the molecule is N#CC1(CS(=O)(=O)NC(=O)C(Cc2ccccc2)C2CC2)CCC1.